The average molecular weight is 298 g/mol. The van der Waals surface area contributed by atoms with Crippen molar-refractivity contribution in [2.24, 2.45) is 0 Å². The molecule has 1 aromatic carbocycles. The molecule has 110 valence electrons. The van der Waals surface area contributed by atoms with Gasteiger partial charge in [0, 0.05) is 26.2 Å². The summed E-state index contributed by atoms with van der Waals surface area (Å²) < 4.78 is 26.3. The number of nitrogens with zero attached hydrogens (tertiary/aromatic N) is 1. The van der Waals surface area contributed by atoms with Crippen LogP contribution in [0.4, 0.5) is 0 Å². The fraction of sp³-hybridized carbons (Fsp3) is 0.462. The Morgan fingerprint density at radius 2 is 2.00 bits per heavy atom. The number of aryl methyl sites for hydroxylation is 1. The zero-order chi connectivity index (χ0) is 14.8. The van der Waals surface area contributed by atoms with Crippen LogP contribution in [0.2, 0.25) is 0 Å². The van der Waals surface area contributed by atoms with Gasteiger partial charge in [-0.25, -0.2) is 13.2 Å². The Morgan fingerprint density at radius 1 is 1.35 bits per heavy atom. The molecule has 0 spiro atoms. The standard InChI is InChI=1S/C13H18N2O4S/c1-2-10-3-4-11(9-12(10)13(16)17)20(18,19)15-7-5-14-6-8-15/h3-4,9,14H,2,5-8H2,1H3,(H,16,17). The predicted octanol–water partition coefficient (Wildman–Crippen LogP) is 0.541. The topological polar surface area (TPSA) is 86.7 Å². The maximum Gasteiger partial charge on any atom is 0.336 e. The summed E-state index contributed by atoms with van der Waals surface area (Å²) in [6.07, 6.45) is 0.551. The molecule has 2 N–H and O–H groups in total. The van der Waals surface area contributed by atoms with E-state index in [9.17, 15) is 18.3 Å². The number of carboxylic acids is 1. The highest BCUT2D eigenvalue weighted by Gasteiger charge is 2.27. The van der Waals surface area contributed by atoms with E-state index in [1.165, 1.54) is 16.4 Å². The number of nitrogens with one attached hydrogen (secondary N) is 1. The normalized spacial score (nSPS) is 17.1. The summed E-state index contributed by atoms with van der Waals surface area (Å²) in [5.41, 5.74) is 0.695. The number of aromatic carboxylic acids is 1. The minimum absolute atomic E-state index is 0.0500. The van der Waals surface area contributed by atoms with Crippen LogP contribution in [0.3, 0.4) is 0 Å². The molecule has 6 nitrogen and oxygen atoms in total. The summed E-state index contributed by atoms with van der Waals surface area (Å²) in [5.74, 6) is -1.10. The highest BCUT2D eigenvalue weighted by molar-refractivity contribution is 7.89. The lowest BCUT2D eigenvalue weighted by Crippen LogP contribution is -2.46. The van der Waals surface area contributed by atoms with Crippen molar-refractivity contribution in [3.63, 3.8) is 0 Å². The second kappa shape index (κ2) is 5.90. The first kappa shape index (κ1) is 15.0. The summed E-state index contributed by atoms with van der Waals surface area (Å²) in [7, 11) is -3.61. The van der Waals surface area contributed by atoms with E-state index >= 15 is 0 Å². The van der Waals surface area contributed by atoms with Gasteiger partial charge < -0.3 is 10.4 Å². The van der Waals surface area contributed by atoms with Gasteiger partial charge in [0.1, 0.15) is 0 Å². The molecule has 1 heterocycles. The number of benzene rings is 1. The van der Waals surface area contributed by atoms with E-state index in [0.29, 0.717) is 38.2 Å². The van der Waals surface area contributed by atoms with Crippen LogP contribution in [0.25, 0.3) is 0 Å². The maximum absolute atomic E-state index is 12.5. The third-order valence-electron chi connectivity index (χ3n) is 3.41. The number of hydrogen-bond acceptors (Lipinski definition) is 4. The molecule has 1 aliphatic heterocycles. The number of rotatable bonds is 4. The number of piperazine rings is 1. The zero-order valence-corrected chi connectivity index (χ0v) is 12.1. The summed E-state index contributed by atoms with van der Waals surface area (Å²) in [6.45, 7) is 3.86. The van der Waals surface area contributed by atoms with Gasteiger partial charge in [-0.15, -0.1) is 0 Å². The molecule has 0 aromatic heterocycles. The molecule has 0 unspecified atom stereocenters. The molecule has 0 radical (unpaired) electrons. The summed E-state index contributed by atoms with van der Waals surface area (Å²) in [6, 6.07) is 4.33. The summed E-state index contributed by atoms with van der Waals surface area (Å²) >= 11 is 0. The van der Waals surface area contributed by atoms with E-state index in [1.807, 2.05) is 6.92 Å². The van der Waals surface area contributed by atoms with Gasteiger partial charge in [0.15, 0.2) is 0 Å². The number of carboxylic acid groups (broad SMARTS) is 1. The van der Waals surface area contributed by atoms with Crippen molar-refractivity contribution in [3.05, 3.63) is 29.3 Å². The Hall–Kier alpha value is -1.44. The molecule has 7 heteroatoms. The van der Waals surface area contributed by atoms with Crippen LogP contribution in [0.1, 0.15) is 22.8 Å². The second-order valence-corrected chi connectivity index (χ2v) is 6.57. The average Bonchev–Trinajstić information content (AvgIpc) is 2.47. The summed E-state index contributed by atoms with van der Waals surface area (Å²) in [5, 5.41) is 12.3. The highest BCUT2D eigenvalue weighted by atomic mass is 32.2. The molecule has 20 heavy (non-hydrogen) atoms. The lowest BCUT2D eigenvalue weighted by Gasteiger charge is -2.26. The van der Waals surface area contributed by atoms with Crippen molar-refractivity contribution in [2.75, 3.05) is 26.2 Å². The predicted molar refractivity (Wildman–Crippen MR) is 74.4 cm³/mol. The third kappa shape index (κ3) is 2.84. The van der Waals surface area contributed by atoms with Gasteiger partial charge in [-0.3, -0.25) is 0 Å². The minimum atomic E-state index is -3.61. The number of hydrogen-bond donors (Lipinski definition) is 2. The van der Waals surface area contributed by atoms with Crippen LogP contribution < -0.4 is 5.32 Å². The molecule has 0 aliphatic carbocycles. The van der Waals surface area contributed by atoms with Gasteiger partial charge in [0.25, 0.3) is 0 Å². The smallest absolute Gasteiger partial charge is 0.336 e. The molecule has 1 aromatic rings. The van der Waals surface area contributed by atoms with Crippen molar-refractivity contribution in [3.8, 4) is 0 Å². The van der Waals surface area contributed by atoms with E-state index in [1.54, 1.807) is 6.07 Å². The van der Waals surface area contributed by atoms with Gasteiger partial charge in [0.05, 0.1) is 10.5 Å². The first-order valence-electron chi connectivity index (χ1n) is 6.54. The van der Waals surface area contributed by atoms with Crippen LogP contribution >= 0.6 is 0 Å². The van der Waals surface area contributed by atoms with Gasteiger partial charge in [-0.2, -0.15) is 4.31 Å². The van der Waals surface area contributed by atoms with E-state index in [0.717, 1.165) is 0 Å². The molecule has 0 bridgehead atoms. The van der Waals surface area contributed by atoms with Crippen molar-refractivity contribution in [1.82, 2.24) is 9.62 Å². The third-order valence-corrected chi connectivity index (χ3v) is 5.30. The van der Waals surface area contributed by atoms with Gasteiger partial charge in [-0.05, 0) is 24.1 Å². The first-order valence-corrected chi connectivity index (χ1v) is 7.98. The van der Waals surface area contributed by atoms with Gasteiger partial charge in [0.2, 0.25) is 10.0 Å². The Labute approximate surface area is 118 Å². The molecule has 1 saturated heterocycles. The van der Waals surface area contributed by atoms with Gasteiger partial charge >= 0.3 is 5.97 Å². The molecular weight excluding hydrogens is 280 g/mol. The van der Waals surface area contributed by atoms with E-state index in [4.69, 9.17) is 0 Å². The van der Waals surface area contributed by atoms with Crippen molar-refractivity contribution in [1.29, 1.82) is 0 Å². The number of sulfonamides is 1. The minimum Gasteiger partial charge on any atom is -0.478 e. The van der Waals surface area contributed by atoms with E-state index in [-0.39, 0.29) is 10.5 Å². The highest BCUT2D eigenvalue weighted by Crippen LogP contribution is 2.20. The molecule has 0 saturated carbocycles. The zero-order valence-electron chi connectivity index (χ0n) is 11.3. The number of carbonyl (C=O) groups is 1. The van der Waals surface area contributed by atoms with Crippen LogP contribution in [-0.2, 0) is 16.4 Å². The van der Waals surface area contributed by atoms with Crippen LogP contribution in [0.15, 0.2) is 23.1 Å². The lowest BCUT2D eigenvalue weighted by atomic mass is 10.1. The molecule has 0 amide bonds. The van der Waals surface area contributed by atoms with Crippen LogP contribution in [-0.4, -0.2) is 50.0 Å². The van der Waals surface area contributed by atoms with Crippen LogP contribution in [0.5, 0.6) is 0 Å². The fourth-order valence-corrected chi connectivity index (χ4v) is 3.73. The fourth-order valence-electron chi connectivity index (χ4n) is 2.26. The van der Waals surface area contributed by atoms with E-state index in [2.05, 4.69) is 5.32 Å². The molecular formula is C13H18N2O4S. The van der Waals surface area contributed by atoms with E-state index < -0.39 is 16.0 Å². The molecule has 1 fully saturated rings. The molecule has 2 rings (SSSR count). The van der Waals surface area contributed by atoms with Crippen molar-refractivity contribution < 1.29 is 18.3 Å². The Balaban J connectivity index is 2.41. The Bertz CT molecular complexity index is 607. The Morgan fingerprint density at radius 3 is 2.55 bits per heavy atom. The lowest BCUT2D eigenvalue weighted by molar-refractivity contribution is 0.0695. The SMILES string of the molecule is CCc1ccc(S(=O)(=O)N2CCNCC2)cc1C(=O)O. The maximum atomic E-state index is 12.5. The second-order valence-electron chi connectivity index (χ2n) is 4.63. The Kier molecular flexibility index (Phi) is 4.42. The largest absolute Gasteiger partial charge is 0.478 e. The molecule has 1 aliphatic rings. The first-order chi connectivity index (χ1) is 9.46. The van der Waals surface area contributed by atoms with Gasteiger partial charge in [-0.1, -0.05) is 13.0 Å². The monoisotopic (exact) mass is 298 g/mol. The van der Waals surface area contributed by atoms with Crippen LogP contribution in [0, 0.1) is 0 Å². The molecule has 0 atom stereocenters. The van der Waals surface area contributed by atoms with Crippen molar-refractivity contribution >= 4 is 16.0 Å². The quantitative estimate of drug-likeness (QED) is 0.847. The summed E-state index contributed by atoms with van der Waals surface area (Å²) in [4.78, 5) is 11.3. The van der Waals surface area contributed by atoms with Crippen molar-refractivity contribution in [2.45, 2.75) is 18.2 Å².